The number of hydrogen-bond donors (Lipinski definition) is 0. The van der Waals surface area contributed by atoms with Crippen molar-refractivity contribution in [1.29, 1.82) is 0 Å². The topological polar surface area (TPSA) is 21.3 Å². The zero-order valence-electron chi connectivity index (χ0n) is 36.7. The van der Waals surface area contributed by atoms with E-state index in [-0.39, 0.29) is 5.41 Å². The third-order valence-electron chi connectivity index (χ3n) is 14.0. The Morgan fingerprint density at radius 2 is 1.00 bits per heavy atom. The maximum atomic E-state index is 6.88. The van der Waals surface area contributed by atoms with Crippen molar-refractivity contribution in [2.24, 2.45) is 0 Å². The molecule has 3 heteroatoms. The minimum absolute atomic E-state index is 0.0990. The summed E-state index contributed by atoms with van der Waals surface area (Å²) in [5.41, 5.74) is 20.5. The number of rotatable bonds is 7. The van der Waals surface area contributed by atoms with Crippen LogP contribution in [0.2, 0.25) is 0 Å². The fourth-order valence-corrected chi connectivity index (χ4v) is 10.8. The monoisotopic (exact) mass is 844 g/mol. The van der Waals surface area contributed by atoms with Gasteiger partial charge in [-0.3, -0.25) is 0 Å². The van der Waals surface area contributed by atoms with Crippen LogP contribution in [0.3, 0.4) is 0 Å². The molecule has 0 unspecified atom stereocenters. The standard InChI is InChI=1S/C63H44N2O/c1-63(2)56-29-11-6-25-49(56)50-35-34-43(38-57(50)63)42-20-16-22-45(36-42)64(58-30-12-7-24-48(58)41-18-4-3-5-19-41)47-39-54(62-55(40-47)53-28-10-15-33-61(53)66-62)44-21-17-23-46(37-44)65-59-31-13-8-26-51(59)52-27-9-14-32-60(52)65/h3-40H,1-2H3. The fraction of sp³-hybridized carbons (Fsp3) is 0.0476. The Kier molecular flexibility index (Phi) is 8.56. The number of para-hydroxylation sites is 4. The molecule has 0 saturated heterocycles. The van der Waals surface area contributed by atoms with Gasteiger partial charge in [0.1, 0.15) is 11.2 Å². The largest absolute Gasteiger partial charge is 0.455 e. The summed E-state index contributed by atoms with van der Waals surface area (Å²) in [5.74, 6) is 0. The molecule has 0 fully saturated rings. The van der Waals surface area contributed by atoms with Crippen molar-refractivity contribution in [2.45, 2.75) is 19.3 Å². The van der Waals surface area contributed by atoms with E-state index in [1.54, 1.807) is 0 Å². The van der Waals surface area contributed by atoms with E-state index < -0.39 is 0 Å². The van der Waals surface area contributed by atoms with Gasteiger partial charge in [0.25, 0.3) is 0 Å². The second-order valence-corrected chi connectivity index (χ2v) is 18.1. The van der Waals surface area contributed by atoms with E-state index in [0.29, 0.717) is 0 Å². The minimum atomic E-state index is -0.0990. The summed E-state index contributed by atoms with van der Waals surface area (Å²) in [7, 11) is 0. The van der Waals surface area contributed by atoms with Gasteiger partial charge in [-0.15, -0.1) is 0 Å². The first-order valence-corrected chi connectivity index (χ1v) is 22.8. The second kappa shape index (κ2) is 14.8. The number of fused-ring (bicyclic) bond motifs is 9. The van der Waals surface area contributed by atoms with Crippen molar-refractivity contribution in [1.82, 2.24) is 4.57 Å². The maximum absolute atomic E-state index is 6.88. The van der Waals surface area contributed by atoms with Crippen molar-refractivity contribution in [3.8, 4) is 50.2 Å². The molecule has 2 heterocycles. The summed E-state index contributed by atoms with van der Waals surface area (Å²) in [4.78, 5) is 2.44. The van der Waals surface area contributed by atoms with Crippen LogP contribution in [0.4, 0.5) is 17.1 Å². The van der Waals surface area contributed by atoms with E-state index in [9.17, 15) is 0 Å². The molecule has 0 spiro atoms. The zero-order valence-corrected chi connectivity index (χ0v) is 36.7. The Labute approximate surface area is 384 Å². The molecular formula is C63H44N2O. The molecule has 312 valence electrons. The van der Waals surface area contributed by atoms with Crippen LogP contribution < -0.4 is 4.90 Å². The molecule has 1 aliphatic rings. The Hall–Kier alpha value is -8.40. The minimum Gasteiger partial charge on any atom is -0.455 e. The number of aromatic nitrogens is 1. The van der Waals surface area contributed by atoms with Gasteiger partial charge in [-0.25, -0.2) is 0 Å². The van der Waals surface area contributed by atoms with Gasteiger partial charge in [-0.05, 0) is 111 Å². The lowest BCUT2D eigenvalue weighted by Crippen LogP contribution is -2.14. The molecular weight excluding hydrogens is 801 g/mol. The van der Waals surface area contributed by atoms with Gasteiger partial charge in [0.2, 0.25) is 0 Å². The lowest BCUT2D eigenvalue weighted by atomic mass is 9.81. The highest BCUT2D eigenvalue weighted by atomic mass is 16.3. The molecule has 0 atom stereocenters. The molecule has 12 aromatic rings. The molecule has 13 rings (SSSR count). The van der Waals surface area contributed by atoms with E-state index in [1.807, 2.05) is 0 Å². The summed E-state index contributed by atoms with van der Waals surface area (Å²) < 4.78 is 9.27. The van der Waals surface area contributed by atoms with E-state index in [4.69, 9.17) is 4.42 Å². The molecule has 0 aliphatic heterocycles. The lowest BCUT2D eigenvalue weighted by Gasteiger charge is -2.29. The predicted octanol–water partition coefficient (Wildman–Crippen LogP) is 17.5. The van der Waals surface area contributed by atoms with Gasteiger partial charge in [0.15, 0.2) is 0 Å². The highest BCUT2D eigenvalue weighted by molar-refractivity contribution is 6.13. The van der Waals surface area contributed by atoms with Crippen LogP contribution in [0.25, 0.3) is 93.9 Å². The Balaban J connectivity index is 1.04. The van der Waals surface area contributed by atoms with Gasteiger partial charge in [-0.1, -0.05) is 178 Å². The first-order valence-electron chi connectivity index (χ1n) is 22.8. The van der Waals surface area contributed by atoms with Gasteiger partial charge in [-0.2, -0.15) is 0 Å². The van der Waals surface area contributed by atoms with E-state index in [1.165, 1.54) is 49.6 Å². The number of hydrogen-bond acceptors (Lipinski definition) is 2. The molecule has 0 amide bonds. The molecule has 0 bridgehead atoms. The third kappa shape index (κ3) is 5.90. The normalized spacial score (nSPS) is 12.8. The van der Waals surface area contributed by atoms with Crippen LogP contribution in [0, 0.1) is 0 Å². The predicted molar refractivity (Wildman–Crippen MR) is 277 cm³/mol. The Morgan fingerprint density at radius 1 is 0.379 bits per heavy atom. The molecule has 1 aliphatic carbocycles. The third-order valence-corrected chi connectivity index (χ3v) is 14.0. The van der Waals surface area contributed by atoms with Crippen molar-refractivity contribution in [3.63, 3.8) is 0 Å². The number of anilines is 3. The van der Waals surface area contributed by atoms with Crippen molar-refractivity contribution >= 4 is 60.8 Å². The summed E-state index contributed by atoms with van der Waals surface area (Å²) >= 11 is 0. The zero-order chi connectivity index (χ0) is 43.9. The highest BCUT2D eigenvalue weighted by Gasteiger charge is 2.35. The van der Waals surface area contributed by atoms with Crippen molar-refractivity contribution < 1.29 is 4.42 Å². The first-order chi connectivity index (χ1) is 32.5. The van der Waals surface area contributed by atoms with Crippen molar-refractivity contribution in [2.75, 3.05) is 4.90 Å². The average Bonchev–Trinajstić information content (AvgIpc) is 4.00. The molecule has 10 aromatic carbocycles. The van der Waals surface area contributed by atoms with Crippen LogP contribution in [0.15, 0.2) is 235 Å². The Bertz CT molecular complexity index is 3820. The second-order valence-electron chi connectivity index (χ2n) is 18.1. The summed E-state index contributed by atoms with van der Waals surface area (Å²) in [6, 6.07) is 83.9. The molecule has 66 heavy (non-hydrogen) atoms. The molecule has 0 saturated carbocycles. The van der Waals surface area contributed by atoms with Gasteiger partial charge < -0.3 is 13.9 Å². The van der Waals surface area contributed by atoms with E-state index in [2.05, 4.69) is 254 Å². The number of furan rings is 1. The van der Waals surface area contributed by atoms with Gasteiger partial charge in [0, 0.05) is 55.1 Å². The fourth-order valence-electron chi connectivity index (χ4n) is 10.8. The molecule has 3 nitrogen and oxygen atoms in total. The van der Waals surface area contributed by atoms with E-state index in [0.717, 1.165) is 72.5 Å². The summed E-state index contributed by atoms with van der Waals surface area (Å²) in [5, 5.41) is 4.63. The molecule has 0 radical (unpaired) electrons. The van der Waals surface area contributed by atoms with Gasteiger partial charge in [0.05, 0.1) is 16.7 Å². The average molecular weight is 845 g/mol. The summed E-state index contributed by atoms with van der Waals surface area (Å²) in [6.45, 7) is 4.71. The number of nitrogens with zero attached hydrogens (tertiary/aromatic N) is 2. The number of benzene rings is 10. The van der Waals surface area contributed by atoms with Gasteiger partial charge >= 0.3 is 0 Å². The van der Waals surface area contributed by atoms with Crippen molar-refractivity contribution in [3.05, 3.63) is 242 Å². The van der Waals surface area contributed by atoms with Crippen LogP contribution >= 0.6 is 0 Å². The lowest BCUT2D eigenvalue weighted by molar-refractivity contribution is 0.660. The smallest absolute Gasteiger partial charge is 0.143 e. The van der Waals surface area contributed by atoms with Crippen LogP contribution in [0.5, 0.6) is 0 Å². The molecule has 0 N–H and O–H groups in total. The quantitative estimate of drug-likeness (QED) is 0.159. The highest BCUT2D eigenvalue weighted by Crippen LogP contribution is 2.51. The van der Waals surface area contributed by atoms with E-state index >= 15 is 0 Å². The SMILES string of the molecule is CC1(C)c2ccccc2-c2ccc(-c3cccc(N(c4cc(-c5cccc(-n6c7ccccc7c7ccccc76)c5)c5oc6ccccc6c5c4)c4ccccc4-c4ccccc4)c3)cc21. The maximum Gasteiger partial charge on any atom is 0.143 e. The molecule has 2 aromatic heterocycles. The van der Waals surface area contributed by atoms with Crippen LogP contribution in [0.1, 0.15) is 25.0 Å². The Morgan fingerprint density at radius 3 is 1.82 bits per heavy atom. The van der Waals surface area contributed by atoms with Crippen LogP contribution in [-0.2, 0) is 5.41 Å². The van der Waals surface area contributed by atoms with Crippen LogP contribution in [-0.4, -0.2) is 4.57 Å². The summed E-state index contributed by atoms with van der Waals surface area (Å²) in [6.07, 6.45) is 0. The first kappa shape index (κ1) is 38.1.